The number of hydrogen-bond acceptors (Lipinski definition) is 7. The van der Waals surface area contributed by atoms with E-state index in [2.05, 4.69) is 25.3 Å². The fraction of sp³-hybridized carbons (Fsp3) is 0.304. The Bertz CT molecular complexity index is 1290. The first-order valence-corrected chi connectivity index (χ1v) is 10.6. The molecule has 0 atom stereocenters. The molecule has 0 spiro atoms. The highest BCUT2D eigenvalue weighted by Gasteiger charge is 2.22. The number of rotatable bonds is 4. The number of carbonyl (C=O) groups excluding carboxylic acids is 1. The number of carbonyl (C=O) groups is 1. The molecule has 164 valence electrons. The van der Waals surface area contributed by atoms with Gasteiger partial charge >= 0.3 is 0 Å². The molecule has 1 aromatic carbocycles. The van der Waals surface area contributed by atoms with Gasteiger partial charge in [-0.3, -0.25) is 14.5 Å². The lowest BCUT2D eigenvalue weighted by molar-refractivity contribution is 0.102. The molecule has 4 heterocycles. The molecule has 0 aliphatic carbocycles. The summed E-state index contributed by atoms with van der Waals surface area (Å²) >= 11 is 0. The van der Waals surface area contributed by atoms with Crippen LogP contribution in [0.4, 0.5) is 11.4 Å². The Hall–Kier alpha value is -3.72. The van der Waals surface area contributed by atoms with Gasteiger partial charge in [-0.2, -0.15) is 5.10 Å². The second kappa shape index (κ2) is 8.08. The van der Waals surface area contributed by atoms with E-state index >= 15 is 0 Å². The summed E-state index contributed by atoms with van der Waals surface area (Å²) in [5.41, 5.74) is 4.21. The van der Waals surface area contributed by atoms with Crippen molar-refractivity contribution in [2.45, 2.75) is 25.9 Å². The number of amides is 1. The first-order valence-electron chi connectivity index (χ1n) is 10.6. The molecule has 3 aromatic heterocycles. The highest BCUT2D eigenvalue weighted by Crippen LogP contribution is 2.33. The summed E-state index contributed by atoms with van der Waals surface area (Å²) < 4.78 is 7.30. The minimum absolute atomic E-state index is 0.195. The molecule has 4 aromatic rings. The van der Waals surface area contributed by atoms with Gasteiger partial charge in [0.15, 0.2) is 5.69 Å². The lowest BCUT2D eigenvalue weighted by atomic mass is 10.1. The Kier molecular flexibility index (Phi) is 5.10. The van der Waals surface area contributed by atoms with Crippen LogP contribution < -0.4 is 10.2 Å². The SMILES string of the molecule is Cc1cc(-c2nc(C(=O)Nc3cc4cn(C)nc4cc3N3CCC(O)CC3)co2)ccn1. The zero-order chi connectivity index (χ0) is 22.2. The maximum absolute atomic E-state index is 13.0. The van der Waals surface area contributed by atoms with E-state index in [1.807, 2.05) is 38.4 Å². The van der Waals surface area contributed by atoms with Crippen LogP contribution in [0.5, 0.6) is 0 Å². The van der Waals surface area contributed by atoms with Crippen molar-refractivity contribution in [3.63, 3.8) is 0 Å². The van der Waals surface area contributed by atoms with Gasteiger partial charge < -0.3 is 19.7 Å². The number of fused-ring (bicyclic) bond motifs is 1. The molecule has 1 fully saturated rings. The summed E-state index contributed by atoms with van der Waals surface area (Å²) in [5, 5.41) is 18.3. The number of benzene rings is 1. The Morgan fingerprint density at radius 2 is 2.06 bits per heavy atom. The van der Waals surface area contributed by atoms with Crippen LogP contribution in [0.2, 0.25) is 0 Å². The average molecular weight is 432 g/mol. The molecule has 1 saturated heterocycles. The van der Waals surface area contributed by atoms with Crippen LogP contribution >= 0.6 is 0 Å². The second-order valence-corrected chi connectivity index (χ2v) is 8.13. The number of anilines is 2. The summed E-state index contributed by atoms with van der Waals surface area (Å²) in [6.07, 6.45) is 6.04. The normalized spacial score (nSPS) is 14.8. The van der Waals surface area contributed by atoms with E-state index in [0.717, 1.165) is 27.8 Å². The van der Waals surface area contributed by atoms with Crippen molar-refractivity contribution in [3.05, 3.63) is 54.3 Å². The van der Waals surface area contributed by atoms with Crippen LogP contribution in [-0.4, -0.2) is 50.0 Å². The first-order chi connectivity index (χ1) is 15.5. The number of aliphatic hydroxyl groups excluding tert-OH is 1. The van der Waals surface area contributed by atoms with Crippen molar-refractivity contribution in [2.75, 3.05) is 23.3 Å². The summed E-state index contributed by atoms with van der Waals surface area (Å²) in [5.74, 6) is 0.0147. The number of nitrogens with one attached hydrogen (secondary N) is 1. The van der Waals surface area contributed by atoms with Gasteiger partial charge in [-0.1, -0.05) is 0 Å². The van der Waals surface area contributed by atoms with Crippen LogP contribution in [0.3, 0.4) is 0 Å². The fourth-order valence-corrected chi connectivity index (χ4v) is 4.03. The summed E-state index contributed by atoms with van der Waals surface area (Å²) in [6, 6.07) is 7.55. The molecule has 5 rings (SSSR count). The van der Waals surface area contributed by atoms with Crippen molar-refractivity contribution in [3.8, 4) is 11.5 Å². The van der Waals surface area contributed by atoms with Crippen LogP contribution in [-0.2, 0) is 7.05 Å². The molecule has 0 bridgehead atoms. The van der Waals surface area contributed by atoms with E-state index in [-0.39, 0.29) is 17.7 Å². The van der Waals surface area contributed by atoms with E-state index in [0.29, 0.717) is 37.5 Å². The minimum Gasteiger partial charge on any atom is -0.444 e. The van der Waals surface area contributed by atoms with Crippen molar-refractivity contribution in [2.24, 2.45) is 7.05 Å². The van der Waals surface area contributed by atoms with Crippen LogP contribution in [0, 0.1) is 6.92 Å². The van der Waals surface area contributed by atoms with E-state index in [1.54, 1.807) is 16.9 Å². The third kappa shape index (κ3) is 3.94. The number of oxazole rings is 1. The summed E-state index contributed by atoms with van der Waals surface area (Å²) in [4.78, 5) is 23.7. The Morgan fingerprint density at radius 3 is 2.84 bits per heavy atom. The monoisotopic (exact) mass is 432 g/mol. The van der Waals surface area contributed by atoms with Crippen molar-refractivity contribution in [1.82, 2.24) is 19.7 Å². The molecular weight excluding hydrogens is 408 g/mol. The summed E-state index contributed by atoms with van der Waals surface area (Å²) in [6.45, 7) is 3.30. The van der Waals surface area contributed by atoms with E-state index < -0.39 is 0 Å². The number of pyridine rings is 1. The predicted octanol–water partition coefficient (Wildman–Crippen LogP) is 3.15. The van der Waals surface area contributed by atoms with Crippen molar-refractivity contribution >= 4 is 28.2 Å². The molecule has 0 saturated carbocycles. The van der Waals surface area contributed by atoms with E-state index in [4.69, 9.17) is 4.42 Å². The van der Waals surface area contributed by atoms with Gasteiger partial charge in [0.1, 0.15) is 6.26 Å². The van der Waals surface area contributed by atoms with Gasteiger partial charge in [-0.05, 0) is 44.0 Å². The lowest BCUT2D eigenvalue weighted by Crippen LogP contribution is -2.36. The molecule has 1 amide bonds. The molecule has 32 heavy (non-hydrogen) atoms. The second-order valence-electron chi connectivity index (χ2n) is 8.13. The van der Waals surface area contributed by atoms with Gasteiger partial charge in [0.25, 0.3) is 5.91 Å². The van der Waals surface area contributed by atoms with Crippen molar-refractivity contribution < 1.29 is 14.3 Å². The van der Waals surface area contributed by atoms with E-state index in [9.17, 15) is 9.90 Å². The van der Waals surface area contributed by atoms with Crippen LogP contribution in [0.15, 0.2) is 47.3 Å². The standard InChI is InChI=1S/C23H24N6O3/c1-14-9-15(3-6-24-14)23-26-20(13-32-23)22(31)25-19-10-16-12-28(2)27-18(16)11-21(19)29-7-4-17(30)5-8-29/h3,6,9-13,17,30H,4-5,7-8H2,1-2H3,(H,25,31). The molecule has 0 radical (unpaired) electrons. The Morgan fingerprint density at radius 1 is 1.25 bits per heavy atom. The lowest BCUT2D eigenvalue weighted by Gasteiger charge is -2.32. The third-order valence-corrected chi connectivity index (χ3v) is 5.67. The number of aliphatic hydroxyl groups is 1. The first kappa shape index (κ1) is 20.2. The van der Waals surface area contributed by atoms with Crippen molar-refractivity contribution in [1.29, 1.82) is 0 Å². The van der Waals surface area contributed by atoms with Gasteiger partial charge in [0.05, 0.1) is 23.0 Å². The summed E-state index contributed by atoms with van der Waals surface area (Å²) in [7, 11) is 1.87. The highest BCUT2D eigenvalue weighted by atomic mass is 16.3. The molecule has 0 unspecified atom stereocenters. The van der Waals surface area contributed by atoms with Gasteiger partial charge in [-0.25, -0.2) is 4.98 Å². The van der Waals surface area contributed by atoms with Gasteiger partial charge in [0, 0.05) is 49.2 Å². The number of aryl methyl sites for hydroxylation is 2. The predicted molar refractivity (Wildman–Crippen MR) is 121 cm³/mol. The molecule has 1 aliphatic heterocycles. The average Bonchev–Trinajstić information content (AvgIpc) is 3.40. The largest absolute Gasteiger partial charge is 0.444 e. The zero-order valence-electron chi connectivity index (χ0n) is 17.9. The van der Waals surface area contributed by atoms with Gasteiger partial charge in [0.2, 0.25) is 5.89 Å². The van der Waals surface area contributed by atoms with Crippen LogP contribution in [0.25, 0.3) is 22.4 Å². The van der Waals surface area contributed by atoms with E-state index in [1.165, 1.54) is 6.26 Å². The Labute approximate surface area is 184 Å². The number of nitrogens with zero attached hydrogens (tertiary/aromatic N) is 5. The number of piperidine rings is 1. The topological polar surface area (TPSA) is 109 Å². The van der Waals surface area contributed by atoms with Gasteiger partial charge in [-0.15, -0.1) is 0 Å². The van der Waals surface area contributed by atoms with Crippen LogP contribution in [0.1, 0.15) is 29.0 Å². The highest BCUT2D eigenvalue weighted by molar-refractivity contribution is 6.06. The molecular formula is C23H24N6O3. The molecule has 9 nitrogen and oxygen atoms in total. The molecule has 2 N–H and O–H groups in total. The minimum atomic E-state index is -0.354. The quantitative estimate of drug-likeness (QED) is 0.510. The fourth-order valence-electron chi connectivity index (χ4n) is 4.03. The maximum atomic E-state index is 13.0. The third-order valence-electron chi connectivity index (χ3n) is 5.67. The molecule has 1 aliphatic rings. The Balaban J connectivity index is 1.45. The zero-order valence-corrected chi connectivity index (χ0v) is 17.9. The smallest absolute Gasteiger partial charge is 0.277 e. The molecule has 9 heteroatoms. The number of hydrogen-bond donors (Lipinski definition) is 2. The number of aromatic nitrogens is 4. The maximum Gasteiger partial charge on any atom is 0.277 e.